The van der Waals surface area contributed by atoms with Crippen molar-refractivity contribution >= 4 is 58.8 Å². The predicted octanol–water partition coefficient (Wildman–Crippen LogP) is 4.63. The van der Waals surface area contributed by atoms with Crippen LogP contribution >= 0.6 is 40.0 Å². The van der Waals surface area contributed by atoms with Gasteiger partial charge in [-0.05, 0) is 33.7 Å². The number of hydrogen-bond acceptors (Lipinski definition) is 6. The third kappa shape index (κ3) is 5.93. The molecular weight excluding hydrogens is 593 g/mol. The molecule has 0 N–H and O–H groups in total. The van der Waals surface area contributed by atoms with E-state index >= 15 is 0 Å². The SMILES string of the molecule is CN(N=C/C(=C(/Cl)C=O)N1CCc2c(c(C=O)nn2Cc2ccccc2C(F)(F)F)C1)PI. The van der Waals surface area contributed by atoms with E-state index in [1.165, 1.54) is 29.1 Å². The predicted molar refractivity (Wildman–Crippen MR) is 130 cm³/mol. The smallest absolute Gasteiger partial charge is 0.364 e. The van der Waals surface area contributed by atoms with Crippen LogP contribution < -0.4 is 0 Å². The maximum Gasteiger partial charge on any atom is 0.416 e. The maximum atomic E-state index is 13.4. The molecule has 0 aliphatic carbocycles. The average Bonchev–Trinajstić information content (AvgIpc) is 3.15. The molecule has 176 valence electrons. The maximum absolute atomic E-state index is 13.4. The van der Waals surface area contributed by atoms with Crippen molar-refractivity contribution in [1.29, 1.82) is 0 Å². The monoisotopic (exact) mass is 611 g/mol. The first-order valence-electron chi connectivity index (χ1n) is 9.62. The highest BCUT2D eigenvalue weighted by molar-refractivity contribution is 14.2. The van der Waals surface area contributed by atoms with E-state index in [4.69, 9.17) is 11.6 Å². The molecule has 7 nitrogen and oxygen atoms in total. The first kappa shape index (κ1) is 25.6. The largest absolute Gasteiger partial charge is 0.416 e. The summed E-state index contributed by atoms with van der Waals surface area (Å²) in [5.41, 5.74) is 1.13. The van der Waals surface area contributed by atoms with Gasteiger partial charge < -0.3 is 4.90 Å². The number of alkyl halides is 3. The van der Waals surface area contributed by atoms with Gasteiger partial charge in [-0.3, -0.25) is 19.1 Å². The van der Waals surface area contributed by atoms with Crippen molar-refractivity contribution in [2.24, 2.45) is 5.10 Å². The quantitative estimate of drug-likeness (QED) is 0.109. The fourth-order valence-electron chi connectivity index (χ4n) is 3.56. The lowest BCUT2D eigenvalue weighted by molar-refractivity contribution is -0.138. The Morgan fingerprint density at radius 1 is 1.36 bits per heavy atom. The molecule has 1 aliphatic heterocycles. The Balaban J connectivity index is 1.95. The van der Waals surface area contributed by atoms with Gasteiger partial charge in [-0.1, -0.05) is 29.8 Å². The number of carbonyl (C=O) groups is 2. The summed E-state index contributed by atoms with van der Waals surface area (Å²) in [7, 11) is 1.77. The Kier molecular flexibility index (Phi) is 8.52. The Bertz CT molecular complexity index is 1110. The molecule has 33 heavy (non-hydrogen) atoms. The van der Waals surface area contributed by atoms with E-state index in [1.807, 2.05) is 0 Å². The highest BCUT2D eigenvalue weighted by Gasteiger charge is 2.34. The van der Waals surface area contributed by atoms with E-state index in [9.17, 15) is 22.8 Å². The molecule has 0 spiro atoms. The van der Waals surface area contributed by atoms with Gasteiger partial charge in [0.25, 0.3) is 0 Å². The minimum atomic E-state index is -4.50. The molecule has 0 saturated heterocycles. The van der Waals surface area contributed by atoms with Gasteiger partial charge in [0.1, 0.15) is 10.7 Å². The van der Waals surface area contributed by atoms with Gasteiger partial charge in [0.05, 0.1) is 30.4 Å². The lowest BCUT2D eigenvalue weighted by atomic mass is 10.0. The van der Waals surface area contributed by atoms with Crippen LogP contribution in [0.5, 0.6) is 0 Å². The van der Waals surface area contributed by atoms with Gasteiger partial charge >= 0.3 is 6.18 Å². The van der Waals surface area contributed by atoms with E-state index in [2.05, 4.69) is 32.2 Å². The van der Waals surface area contributed by atoms with Crippen LogP contribution in [-0.4, -0.2) is 51.8 Å². The van der Waals surface area contributed by atoms with Crippen molar-refractivity contribution in [2.75, 3.05) is 13.6 Å². The highest BCUT2D eigenvalue weighted by atomic mass is 127. The van der Waals surface area contributed by atoms with E-state index in [0.717, 1.165) is 6.07 Å². The van der Waals surface area contributed by atoms with Crippen molar-refractivity contribution in [3.8, 4) is 0 Å². The van der Waals surface area contributed by atoms with Crippen molar-refractivity contribution < 1.29 is 22.8 Å². The summed E-state index contributed by atoms with van der Waals surface area (Å²) in [6.07, 6.45) is -1.14. The minimum Gasteiger partial charge on any atom is -0.364 e. The topological polar surface area (TPSA) is 70.8 Å². The molecule has 1 aromatic carbocycles. The number of hydrogen-bond donors (Lipinski definition) is 0. The molecule has 1 unspecified atom stereocenters. The molecule has 0 amide bonds. The highest BCUT2D eigenvalue weighted by Crippen LogP contribution is 2.33. The summed E-state index contributed by atoms with van der Waals surface area (Å²) in [6, 6.07) is 5.30. The van der Waals surface area contributed by atoms with Crippen LogP contribution in [0.3, 0.4) is 0 Å². The molecule has 0 radical (unpaired) electrons. The molecule has 0 saturated carbocycles. The molecule has 1 aromatic heterocycles. The van der Waals surface area contributed by atoms with Gasteiger partial charge in [0.2, 0.25) is 0 Å². The summed E-state index contributed by atoms with van der Waals surface area (Å²) >= 11 is 8.29. The molecule has 0 fully saturated rings. The second-order valence-electron chi connectivity index (χ2n) is 7.12. The Labute approximate surface area is 208 Å². The van der Waals surface area contributed by atoms with E-state index in [-0.39, 0.29) is 29.4 Å². The molecule has 1 atom stereocenters. The van der Waals surface area contributed by atoms with Crippen LogP contribution in [0.15, 0.2) is 40.1 Å². The number of rotatable bonds is 8. The van der Waals surface area contributed by atoms with Crippen LogP contribution in [0.4, 0.5) is 13.2 Å². The number of halogens is 5. The van der Waals surface area contributed by atoms with E-state index < -0.39 is 11.7 Å². The number of carbonyl (C=O) groups excluding carboxylic acids is 2. The summed E-state index contributed by atoms with van der Waals surface area (Å²) < 4.78 is 43.4. The molecule has 2 heterocycles. The zero-order chi connectivity index (χ0) is 24.2. The zero-order valence-corrected chi connectivity index (χ0v) is 21.2. The van der Waals surface area contributed by atoms with E-state index in [0.29, 0.717) is 48.9 Å². The van der Waals surface area contributed by atoms with Crippen LogP contribution in [0.25, 0.3) is 0 Å². The lowest BCUT2D eigenvalue weighted by Gasteiger charge is -2.30. The zero-order valence-electron chi connectivity index (χ0n) is 17.3. The second kappa shape index (κ2) is 11.0. The van der Waals surface area contributed by atoms with Crippen LogP contribution in [0.1, 0.15) is 32.9 Å². The number of aldehydes is 2. The molecule has 13 heteroatoms. The summed E-state index contributed by atoms with van der Waals surface area (Å²) in [5.74, 6) is 0. The van der Waals surface area contributed by atoms with Crippen molar-refractivity contribution in [3.05, 3.63) is 63.1 Å². The number of benzene rings is 1. The molecular formula is C20H19ClF3IN5O2P. The lowest BCUT2D eigenvalue weighted by Crippen LogP contribution is -2.32. The van der Waals surface area contributed by atoms with Crippen molar-refractivity contribution in [2.45, 2.75) is 25.7 Å². The first-order chi connectivity index (χ1) is 15.7. The number of allylic oxidation sites excluding steroid dienone is 2. The first-order valence-corrected chi connectivity index (χ1v) is 14.1. The van der Waals surface area contributed by atoms with Crippen LogP contribution in [-0.2, 0) is 30.5 Å². The third-order valence-corrected chi connectivity index (χ3v) is 7.82. The van der Waals surface area contributed by atoms with Gasteiger partial charge in [0.15, 0.2) is 12.6 Å². The molecule has 0 bridgehead atoms. The number of hydrazone groups is 1. The standard InChI is InChI=1S/C20H19ClF3IN5O2P/c1-28(33-25)26-8-19(16(21)11-31)29-7-6-18-14(10-29)17(12-32)27-30(18)9-13-4-2-3-5-15(13)20(22,23)24/h2-5,8,11-12,33H,6-7,9-10H2,1H3/b19-16-,26-8?. The third-order valence-electron chi connectivity index (χ3n) is 5.08. The number of aromatic nitrogens is 2. The summed E-state index contributed by atoms with van der Waals surface area (Å²) in [6.45, 7) is 0.512. The van der Waals surface area contributed by atoms with Gasteiger partial charge in [-0.15, -0.1) is 0 Å². The molecule has 1 aliphatic rings. The van der Waals surface area contributed by atoms with Crippen LogP contribution in [0.2, 0.25) is 0 Å². The Morgan fingerprint density at radius 3 is 2.73 bits per heavy atom. The minimum absolute atomic E-state index is 0.0356. The van der Waals surface area contributed by atoms with Gasteiger partial charge in [-0.2, -0.15) is 23.4 Å². The summed E-state index contributed by atoms with van der Waals surface area (Å²) in [5, 5.41) is 8.49. The van der Waals surface area contributed by atoms with Gasteiger partial charge in [-0.25, -0.2) is 0 Å². The normalized spacial score (nSPS) is 15.2. The Hall–Kier alpha value is -1.98. The summed E-state index contributed by atoms with van der Waals surface area (Å²) in [4.78, 5) is 24.8. The second-order valence-corrected chi connectivity index (χ2v) is 9.79. The Morgan fingerprint density at radius 2 is 2.09 bits per heavy atom. The van der Waals surface area contributed by atoms with Crippen molar-refractivity contribution in [1.82, 2.24) is 19.5 Å². The van der Waals surface area contributed by atoms with Gasteiger partial charge in [0, 0.05) is 37.8 Å². The average molecular weight is 612 g/mol. The van der Waals surface area contributed by atoms with Crippen LogP contribution in [0, 0.1) is 0 Å². The number of nitrogens with zero attached hydrogens (tertiary/aromatic N) is 5. The fourth-order valence-corrected chi connectivity index (χ4v) is 4.21. The van der Waals surface area contributed by atoms with E-state index in [1.54, 1.807) is 16.7 Å². The fraction of sp³-hybridized carbons (Fsp3) is 0.300. The number of fused-ring (bicyclic) bond motifs is 1. The molecule has 3 rings (SSSR count). The molecule has 2 aromatic rings. The van der Waals surface area contributed by atoms with Crippen molar-refractivity contribution in [3.63, 3.8) is 0 Å².